The van der Waals surface area contributed by atoms with E-state index < -0.39 is 6.29 Å². The first kappa shape index (κ1) is 35.6. The zero-order valence-electron chi connectivity index (χ0n) is 23.0. The largest absolute Gasteiger partial charge is 0.382 e. The summed E-state index contributed by atoms with van der Waals surface area (Å²) < 4.78 is 42.9. The van der Waals surface area contributed by atoms with Gasteiger partial charge in [0.25, 0.3) is 0 Å². The molecular weight excluding hydrogens is 472 g/mol. The van der Waals surface area contributed by atoms with Crippen molar-refractivity contribution in [2.24, 2.45) is 0 Å². The van der Waals surface area contributed by atoms with Crippen molar-refractivity contribution in [3.8, 4) is 0 Å². The van der Waals surface area contributed by atoms with Crippen LogP contribution in [0.5, 0.6) is 0 Å². The van der Waals surface area contributed by atoms with Crippen molar-refractivity contribution < 1.29 is 48.0 Å². The van der Waals surface area contributed by atoms with Crippen molar-refractivity contribution in [2.45, 2.75) is 71.0 Å². The molecule has 0 aliphatic heterocycles. The summed E-state index contributed by atoms with van der Waals surface area (Å²) in [5.74, 6) is 0. The van der Waals surface area contributed by atoms with Gasteiger partial charge in [-0.05, 0) is 6.42 Å². The van der Waals surface area contributed by atoms with Gasteiger partial charge in [-0.15, -0.1) is 0 Å². The van der Waals surface area contributed by atoms with Crippen molar-refractivity contribution in [3.05, 3.63) is 0 Å². The fourth-order valence-corrected chi connectivity index (χ4v) is 3.19. The molecule has 10 heteroatoms. The molecule has 1 N–H and O–H groups in total. The van der Waals surface area contributed by atoms with Crippen LogP contribution in [0.15, 0.2) is 0 Å². The van der Waals surface area contributed by atoms with Crippen molar-refractivity contribution in [2.75, 3.05) is 99.6 Å². The van der Waals surface area contributed by atoms with Crippen LogP contribution >= 0.6 is 0 Å². The normalized spacial score (nSPS) is 12.4. The van der Waals surface area contributed by atoms with Crippen LogP contribution in [0.4, 0.5) is 0 Å². The molecule has 1 atom stereocenters. The fourth-order valence-electron chi connectivity index (χ4n) is 3.19. The number of methoxy groups -OCH3 is 1. The minimum atomic E-state index is -0.579. The van der Waals surface area contributed by atoms with Crippen molar-refractivity contribution in [1.82, 2.24) is 0 Å². The summed E-state index contributed by atoms with van der Waals surface area (Å²) in [6.45, 7) is 9.42. The maximum atomic E-state index is 8.97. The third-order valence-electron chi connectivity index (χ3n) is 5.23. The Morgan fingerprint density at radius 2 is 0.833 bits per heavy atom. The Bertz CT molecular complexity index is 390. The molecule has 0 saturated heterocycles. The summed E-state index contributed by atoms with van der Waals surface area (Å²) in [5, 5.41) is 8.97. The van der Waals surface area contributed by atoms with E-state index in [0.29, 0.717) is 98.9 Å². The maximum Gasteiger partial charge on any atom is 0.191 e. The van der Waals surface area contributed by atoms with Gasteiger partial charge in [0.15, 0.2) is 6.29 Å². The molecule has 1 unspecified atom stereocenters. The molecule has 0 aliphatic carbocycles. The average molecular weight is 527 g/mol. The zero-order valence-corrected chi connectivity index (χ0v) is 23.0. The van der Waals surface area contributed by atoms with Crippen LogP contribution in [-0.2, 0) is 42.8 Å². The van der Waals surface area contributed by atoms with Gasteiger partial charge in [0.1, 0.15) is 0 Å². The number of rotatable bonds is 32. The minimum Gasteiger partial charge on any atom is -0.382 e. The third kappa shape index (κ3) is 29.8. The lowest BCUT2D eigenvalue weighted by Gasteiger charge is -2.14. The van der Waals surface area contributed by atoms with Crippen molar-refractivity contribution in [1.29, 1.82) is 0 Å². The Labute approximate surface area is 219 Å². The van der Waals surface area contributed by atoms with Crippen molar-refractivity contribution in [3.63, 3.8) is 0 Å². The molecule has 0 aromatic carbocycles. The molecule has 0 aromatic rings. The molecule has 0 radical (unpaired) electrons. The molecule has 10 nitrogen and oxygen atoms in total. The summed E-state index contributed by atoms with van der Waals surface area (Å²) in [6.07, 6.45) is 10.0. The summed E-state index contributed by atoms with van der Waals surface area (Å²) in [6, 6.07) is 0. The molecule has 218 valence electrons. The lowest BCUT2D eigenvalue weighted by molar-refractivity contribution is -0.348. The first-order chi connectivity index (χ1) is 17.8. The van der Waals surface area contributed by atoms with Crippen LogP contribution in [-0.4, -0.2) is 111 Å². The number of hydrogen-bond donors (Lipinski definition) is 1. The molecule has 0 fully saturated rings. The van der Waals surface area contributed by atoms with Gasteiger partial charge in [-0.3, -0.25) is 0 Å². The van der Waals surface area contributed by atoms with Gasteiger partial charge >= 0.3 is 0 Å². The van der Waals surface area contributed by atoms with Gasteiger partial charge in [0.05, 0.1) is 92.5 Å². The zero-order chi connectivity index (χ0) is 26.2. The number of ether oxygens (including phenoxy) is 8. The summed E-state index contributed by atoms with van der Waals surface area (Å²) in [7, 11) is 1.65. The standard InChI is InChI=1S/C26H54O10/c1-3-4-5-6-7-8-9-10-11-26(36-27)35-25-24-34-23-22-33-21-20-32-19-18-31-17-16-30-15-14-29-13-12-28-2/h26-27H,3-25H2,1-2H3. The van der Waals surface area contributed by atoms with Crippen LogP contribution in [0.3, 0.4) is 0 Å². The van der Waals surface area contributed by atoms with Crippen LogP contribution in [0, 0.1) is 0 Å². The average Bonchev–Trinajstić information content (AvgIpc) is 2.89. The molecule has 36 heavy (non-hydrogen) atoms. The van der Waals surface area contributed by atoms with E-state index in [0.717, 1.165) is 12.8 Å². The second kappa shape index (κ2) is 32.6. The highest BCUT2D eigenvalue weighted by Gasteiger charge is 2.08. The number of hydrogen-bond acceptors (Lipinski definition) is 10. The fraction of sp³-hybridized carbons (Fsp3) is 1.00. The van der Waals surface area contributed by atoms with Crippen LogP contribution < -0.4 is 0 Å². The van der Waals surface area contributed by atoms with E-state index in [9.17, 15) is 0 Å². The smallest absolute Gasteiger partial charge is 0.191 e. The first-order valence-corrected chi connectivity index (χ1v) is 13.7. The maximum absolute atomic E-state index is 8.97. The van der Waals surface area contributed by atoms with Gasteiger partial charge < -0.3 is 37.9 Å². The van der Waals surface area contributed by atoms with Crippen LogP contribution in [0.25, 0.3) is 0 Å². The minimum absolute atomic E-state index is 0.374. The lowest BCUT2D eigenvalue weighted by Crippen LogP contribution is -2.19. The predicted molar refractivity (Wildman–Crippen MR) is 137 cm³/mol. The Hall–Kier alpha value is -0.400. The topological polar surface area (TPSA) is 103 Å². The molecule has 0 aliphatic rings. The second-order valence-corrected chi connectivity index (χ2v) is 8.34. The van der Waals surface area contributed by atoms with Gasteiger partial charge in [-0.1, -0.05) is 51.9 Å². The molecule has 0 heterocycles. The predicted octanol–water partition coefficient (Wildman–Crippen LogP) is 4.10. The van der Waals surface area contributed by atoms with Crippen LogP contribution in [0.2, 0.25) is 0 Å². The van der Waals surface area contributed by atoms with E-state index in [1.54, 1.807) is 7.11 Å². The SMILES string of the molecule is CCCCCCCCCCC(OO)OCCOCCOCCOCCOCCOCCOCCOC. The van der Waals surface area contributed by atoms with Crippen molar-refractivity contribution >= 4 is 0 Å². The first-order valence-electron chi connectivity index (χ1n) is 13.7. The van der Waals surface area contributed by atoms with E-state index in [-0.39, 0.29) is 0 Å². The Balaban J connectivity index is 3.20. The van der Waals surface area contributed by atoms with E-state index in [2.05, 4.69) is 11.8 Å². The molecule has 0 rings (SSSR count). The molecule has 0 spiro atoms. The molecule has 0 bridgehead atoms. The van der Waals surface area contributed by atoms with E-state index in [1.165, 1.54) is 38.5 Å². The quantitative estimate of drug-likeness (QED) is 0.0596. The molecule has 0 aromatic heterocycles. The lowest BCUT2D eigenvalue weighted by atomic mass is 10.1. The van der Waals surface area contributed by atoms with E-state index in [4.69, 9.17) is 43.2 Å². The number of unbranched alkanes of at least 4 members (excludes halogenated alkanes) is 7. The Morgan fingerprint density at radius 1 is 0.472 bits per heavy atom. The Kier molecular flexibility index (Phi) is 32.3. The Morgan fingerprint density at radius 3 is 1.22 bits per heavy atom. The second-order valence-electron chi connectivity index (χ2n) is 8.34. The highest BCUT2D eigenvalue weighted by atomic mass is 17.1. The van der Waals surface area contributed by atoms with Gasteiger partial charge in [0, 0.05) is 13.5 Å². The van der Waals surface area contributed by atoms with Gasteiger partial charge in [0.2, 0.25) is 0 Å². The highest BCUT2D eigenvalue weighted by molar-refractivity contribution is 4.49. The highest BCUT2D eigenvalue weighted by Crippen LogP contribution is 2.12. The summed E-state index contributed by atoms with van der Waals surface area (Å²) >= 11 is 0. The summed E-state index contributed by atoms with van der Waals surface area (Å²) in [4.78, 5) is 4.41. The van der Waals surface area contributed by atoms with E-state index in [1.807, 2.05) is 0 Å². The molecule has 0 saturated carbocycles. The molecular formula is C26H54O10. The monoisotopic (exact) mass is 526 g/mol. The van der Waals surface area contributed by atoms with Gasteiger partial charge in [-0.25, -0.2) is 10.1 Å². The van der Waals surface area contributed by atoms with Gasteiger partial charge in [-0.2, -0.15) is 0 Å². The third-order valence-corrected chi connectivity index (χ3v) is 5.23. The summed E-state index contributed by atoms with van der Waals surface area (Å²) in [5.41, 5.74) is 0. The van der Waals surface area contributed by atoms with E-state index >= 15 is 0 Å². The van der Waals surface area contributed by atoms with Crippen LogP contribution in [0.1, 0.15) is 64.7 Å². The molecule has 0 amide bonds.